The maximum absolute atomic E-state index is 5.95. The lowest BCUT2D eigenvalue weighted by Crippen LogP contribution is -2.20. The van der Waals surface area contributed by atoms with E-state index in [4.69, 9.17) is 15.2 Å². The molecule has 1 saturated heterocycles. The van der Waals surface area contributed by atoms with Gasteiger partial charge in [-0.25, -0.2) is 0 Å². The Morgan fingerprint density at radius 3 is 2.62 bits per heavy atom. The second-order valence-electron chi connectivity index (χ2n) is 4.73. The van der Waals surface area contributed by atoms with E-state index in [1.165, 1.54) is 0 Å². The zero-order valence-corrected chi connectivity index (χ0v) is 10.1. The monoisotopic (exact) mass is 221 g/mol. The highest BCUT2D eigenvalue weighted by Crippen LogP contribution is 2.35. The number of hydrogen-bond donors (Lipinski definition) is 1. The van der Waals surface area contributed by atoms with Crippen LogP contribution < -0.4 is 5.73 Å². The van der Waals surface area contributed by atoms with Gasteiger partial charge in [0, 0.05) is 6.04 Å². The average molecular weight is 221 g/mol. The molecule has 88 valence electrons. The lowest BCUT2D eigenvalue weighted by molar-refractivity contribution is -0.139. The number of rotatable bonds is 2. The predicted molar refractivity (Wildman–Crippen MR) is 62.9 cm³/mol. The Hall–Kier alpha value is -0.900. The molecule has 2 rings (SSSR count). The van der Waals surface area contributed by atoms with E-state index in [2.05, 4.69) is 12.1 Å². The summed E-state index contributed by atoms with van der Waals surface area (Å²) in [5.74, 6) is -0.490. The highest BCUT2D eigenvalue weighted by atomic mass is 16.7. The van der Waals surface area contributed by atoms with Gasteiger partial charge in [-0.1, -0.05) is 24.3 Å². The first-order chi connectivity index (χ1) is 7.49. The van der Waals surface area contributed by atoms with E-state index < -0.39 is 5.79 Å². The Bertz CT molecular complexity index is 374. The Morgan fingerprint density at radius 2 is 2.06 bits per heavy atom. The van der Waals surface area contributed by atoms with Crippen LogP contribution in [0.4, 0.5) is 0 Å². The summed E-state index contributed by atoms with van der Waals surface area (Å²) >= 11 is 0. The number of hydrogen-bond acceptors (Lipinski definition) is 3. The minimum Gasteiger partial charge on any atom is -0.347 e. The van der Waals surface area contributed by atoms with Gasteiger partial charge in [-0.15, -0.1) is 0 Å². The summed E-state index contributed by atoms with van der Waals surface area (Å²) in [5.41, 5.74) is 8.23. The van der Waals surface area contributed by atoms with Gasteiger partial charge in [0.2, 0.25) is 0 Å². The number of ether oxygens (including phenoxy) is 2. The van der Waals surface area contributed by atoms with E-state index in [-0.39, 0.29) is 12.1 Å². The van der Waals surface area contributed by atoms with Gasteiger partial charge in [0.05, 0.1) is 6.61 Å². The van der Waals surface area contributed by atoms with Crippen LogP contribution in [0.3, 0.4) is 0 Å². The first kappa shape index (κ1) is 11.6. The molecule has 1 aromatic rings. The van der Waals surface area contributed by atoms with Crippen LogP contribution in [0.15, 0.2) is 24.3 Å². The molecule has 0 amide bonds. The maximum Gasteiger partial charge on any atom is 0.163 e. The normalized spacial score (nSPS) is 25.6. The van der Waals surface area contributed by atoms with Crippen molar-refractivity contribution < 1.29 is 9.47 Å². The highest BCUT2D eigenvalue weighted by molar-refractivity contribution is 5.32. The van der Waals surface area contributed by atoms with Gasteiger partial charge in [0.1, 0.15) is 6.10 Å². The molecular weight excluding hydrogens is 202 g/mol. The molecule has 1 aromatic carbocycles. The molecule has 2 N–H and O–H groups in total. The Balaban J connectivity index is 2.28. The Kier molecular flexibility index (Phi) is 3.02. The molecule has 2 atom stereocenters. The topological polar surface area (TPSA) is 44.5 Å². The first-order valence-corrected chi connectivity index (χ1v) is 5.66. The van der Waals surface area contributed by atoms with Crippen molar-refractivity contribution in [3.05, 3.63) is 35.4 Å². The zero-order valence-electron chi connectivity index (χ0n) is 10.1. The molecule has 1 heterocycles. The molecule has 0 radical (unpaired) electrons. The molecular formula is C13H19NO2. The standard InChI is InChI=1S/C13H19NO2/c1-9(14)10-6-4-5-7-11(10)12-8-15-13(2,3)16-12/h4-7,9,12H,8,14H2,1-3H3/t9-,12?/m0/s1. The van der Waals surface area contributed by atoms with Crippen molar-refractivity contribution in [2.45, 2.75) is 38.7 Å². The van der Waals surface area contributed by atoms with Gasteiger partial charge in [-0.2, -0.15) is 0 Å². The predicted octanol–water partition coefficient (Wildman–Crippen LogP) is 2.53. The van der Waals surface area contributed by atoms with E-state index in [0.717, 1.165) is 11.1 Å². The van der Waals surface area contributed by atoms with Crippen LogP contribution in [0.5, 0.6) is 0 Å². The highest BCUT2D eigenvalue weighted by Gasteiger charge is 2.34. The molecule has 0 spiro atoms. The molecule has 0 aliphatic carbocycles. The fraction of sp³-hybridized carbons (Fsp3) is 0.538. The first-order valence-electron chi connectivity index (χ1n) is 5.66. The van der Waals surface area contributed by atoms with E-state index in [1.807, 2.05) is 32.9 Å². The third-order valence-corrected chi connectivity index (χ3v) is 2.84. The summed E-state index contributed by atoms with van der Waals surface area (Å²) in [5, 5.41) is 0. The molecule has 3 nitrogen and oxygen atoms in total. The quantitative estimate of drug-likeness (QED) is 0.834. The van der Waals surface area contributed by atoms with Gasteiger partial charge in [0.25, 0.3) is 0 Å². The molecule has 0 saturated carbocycles. The fourth-order valence-corrected chi connectivity index (χ4v) is 2.06. The average Bonchev–Trinajstić information content (AvgIpc) is 2.59. The minimum absolute atomic E-state index is 0.00259. The summed E-state index contributed by atoms with van der Waals surface area (Å²) in [7, 11) is 0. The van der Waals surface area contributed by atoms with Crippen LogP contribution in [-0.2, 0) is 9.47 Å². The van der Waals surface area contributed by atoms with E-state index in [0.29, 0.717) is 6.61 Å². The van der Waals surface area contributed by atoms with Gasteiger partial charge in [-0.3, -0.25) is 0 Å². The Labute approximate surface area is 96.5 Å². The maximum atomic E-state index is 5.95. The van der Waals surface area contributed by atoms with Crippen molar-refractivity contribution in [3.63, 3.8) is 0 Å². The van der Waals surface area contributed by atoms with Crippen molar-refractivity contribution in [2.75, 3.05) is 6.61 Å². The van der Waals surface area contributed by atoms with Gasteiger partial charge in [0.15, 0.2) is 5.79 Å². The fourth-order valence-electron chi connectivity index (χ4n) is 2.06. The molecule has 1 fully saturated rings. The van der Waals surface area contributed by atoms with Crippen molar-refractivity contribution in [1.82, 2.24) is 0 Å². The molecule has 1 aliphatic rings. The van der Waals surface area contributed by atoms with E-state index >= 15 is 0 Å². The summed E-state index contributed by atoms with van der Waals surface area (Å²) in [4.78, 5) is 0. The molecule has 16 heavy (non-hydrogen) atoms. The van der Waals surface area contributed by atoms with Gasteiger partial charge < -0.3 is 15.2 Å². The third-order valence-electron chi connectivity index (χ3n) is 2.84. The van der Waals surface area contributed by atoms with Crippen molar-refractivity contribution in [1.29, 1.82) is 0 Å². The largest absolute Gasteiger partial charge is 0.347 e. The molecule has 1 unspecified atom stereocenters. The minimum atomic E-state index is -0.490. The third kappa shape index (κ3) is 2.26. The van der Waals surface area contributed by atoms with Crippen LogP contribution in [0, 0.1) is 0 Å². The molecule has 0 bridgehead atoms. The second-order valence-corrected chi connectivity index (χ2v) is 4.73. The zero-order chi connectivity index (χ0) is 11.8. The van der Waals surface area contributed by atoms with Crippen molar-refractivity contribution in [2.24, 2.45) is 5.73 Å². The smallest absolute Gasteiger partial charge is 0.163 e. The Morgan fingerprint density at radius 1 is 1.38 bits per heavy atom. The van der Waals surface area contributed by atoms with Crippen molar-refractivity contribution >= 4 is 0 Å². The molecule has 0 aromatic heterocycles. The SMILES string of the molecule is C[C@H](N)c1ccccc1C1COC(C)(C)O1. The summed E-state index contributed by atoms with van der Waals surface area (Å²) in [6.07, 6.45) is -0.00259. The lowest BCUT2D eigenvalue weighted by atomic mass is 9.98. The molecule has 3 heteroatoms. The number of nitrogens with two attached hydrogens (primary N) is 1. The van der Waals surface area contributed by atoms with Crippen LogP contribution >= 0.6 is 0 Å². The van der Waals surface area contributed by atoms with Crippen LogP contribution in [0.2, 0.25) is 0 Å². The van der Waals surface area contributed by atoms with Crippen molar-refractivity contribution in [3.8, 4) is 0 Å². The van der Waals surface area contributed by atoms with Crippen LogP contribution in [-0.4, -0.2) is 12.4 Å². The van der Waals surface area contributed by atoms with Crippen LogP contribution in [0.1, 0.15) is 44.0 Å². The summed E-state index contributed by atoms with van der Waals surface area (Å²) in [6.45, 7) is 6.44. The lowest BCUT2D eigenvalue weighted by Gasteiger charge is -2.20. The van der Waals surface area contributed by atoms with Gasteiger partial charge >= 0.3 is 0 Å². The number of benzene rings is 1. The second kappa shape index (κ2) is 4.17. The van der Waals surface area contributed by atoms with Gasteiger partial charge in [-0.05, 0) is 31.9 Å². The van der Waals surface area contributed by atoms with E-state index in [1.54, 1.807) is 0 Å². The van der Waals surface area contributed by atoms with Crippen LogP contribution in [0.25, 0.3) is 0 Å². The summed E-state index contributed by atoms with van der Waals surface area (Å²) < 4.78 is 11.4. The summed E-state index contributed by atoms with van der Waals surface area (Å²) in [6, 6.07) is 8.14. The van der Waals surface area contributed by atoms with E-state index in [9.17, 15) is 0 Å². The molecule has 1 aliphatic heterocycles.